The van der Waals surface area contributed by atoms with E-state index in [2.05, 4.69) is 43.9 Å². The van der Waals surface area contributed by atoms with Crippen molar-refractivity contribution in [1.82, 2.24) is 0 Å². The highest BCUT2D eigenvalue weighted by molar-refractivity contribution is 6.74. The summed E-state index contributed by atoms with van der Waals surface area (Å²) in [5.41, 5.74) is 8.97. The van der Waals surface area contributed by atoms with Gasteiger partial charge in [-0.05, 0) is 47.9 Å². The first-order valence-corrected chi connectivity index (χ1v) is 12.8. The smallest absolute Gasteiger partial charge is 0.211 e. The Hall–Kier alpha value is -1.81. The van der Waals surface area contributed by atoms with Crippen LogP contribution in [-0.2, 0) is 13.9 Å². The van der Waals surface area contributed by atoms with E-state index in [0.717, 1.165) is 0 Å². The lowest BCUT2D eigenvalue weighted by Gasteiger charge is -2.44. The van der Waals surface area contributed by atoms with E-state index in [9.17, 15) is 5.11 Å². The molecule has 0 aliphatic carbocycles. The standard InChI is InChI=1S/C20H33N3O6Si/c1-20(2,3)30(6,7)27-12-15-18(26-5)17(24)16(22-23-21)19(29-15)28-14-10-8-13(25-4)9-11-14/h8-11,15-19,24H,12H2,1-7H3/t15-,16+,17+,18-,19+/m1/s1. The summed E-state index contributed by atoms with van der Waals surface area (Å²) in [6.45, 7) is 11.0. The van der Waals surface area contributed by atoms with Gasteiger partial charge in [-0.25, -0.2) is 0 Å². The second-order valence-electron chi connectivity index (χ2n) is 8.79. The van der Waals surface area contributed by atoms with Crippen LogP contribution >= 0.6 is 0 Å². The second kappa shape index (κ2) is 10.00. The summed E-state index contributed by atoms with van der Waals surface area (Å²) >= 11 is 0. The van der Waals surface area contributed by atoms with Crippen LogP contribution in [0.25, 0.3) is 10.4 Å². The molecule has 1 fully saturated rings. The van der Waals surface area contributed by atoms with E-state index in [4.69, 9.17) is 28.9 Å². The molecule has 1 heterocycles. The zero-order valence-electron chi connectivity index (χ0n) is 18.7. The molecule has 1 aliphatic rings. The molecule has 5 atom stereocenters. The molecule has 2 rings (SSSR count). The first kappa shape index (κ1) is 24.5. The first-order valence-electron chi connectivity index (χ1n) is 9.89. The minimum absolute atomic E-state index is 0.0233. The van der Waals surface area contributed by atoms with Crippen molar-refractivity contribution in [3.63, 3.8) is 0 Å². The third kappa shape index (κ3) is 5.66. The summed E-state index contributed by atoms with van der Waals surface area (Å²) in [5, 5.41) is 14.6. The van der Waals surface area contributed by atoms with Crippen molar-refractivity contribution in [2.45, 2.75) is 69.5 Å². The number of benzene rings is 1. The normalized spacial score (nSPS) is 27.3. The Labute approximate surface area is 179 Å². The van der Waals surface area contributed by atoms with Gasteiger partial charge < -0.3 is 28.5 Å². The van der Waals surface area contributed by atoms with Gasteiger partial charge in [-0.15, -0.1) is 0 Å². The van der Waals surface area contributed by atoms with Crippen LogP contribution in [0.15, 0.2) is 29.4 Å². The van der Waals surface area contributed by atoms with Gasteiger partial charge >= 0.3 is 0 Å². The molecule has 1 aromatic carbocycles. The highest BCUT2D eigenvalue weighted by atomic mass is 28.4. The van der Waals surface area contributed by atoms with Crippen LogP contribution in [0.3, 0.4) is 0 Å². The summed E-state index contributed by atoms with van der Waals surface area (Å²) in [5.74, 6) is 1.17. The maximum atomic E-state index is 10.8. The van der Waals surface area contributed by atoms with Crippen LogP contribution in [0.4, 0.5) is 0 Å². The minimum Gasteiger partial charge on any atom is -0.497 e. The molecule has 0 amide bonds. The Kier molecular flexibility index (Phi) is 8.15. The molecule has 0 radical (unpaired) electrons. The average Bonchev–Trinajstić information content (AvgIpc) is 2.69. The number of azide groups is 1. The van der Waals surface area contributed by atoms with Crippen molar-refractivity contribution in [1.29, 1.82) is 0 Å². The van der Waals surface area contributed by atoms with Crippen LogP contribution in [0.2, 0.25) is 18.1 Å². The highest BCUT2D eigenvalue weighted by Crippen LogP contribution is 2.37. The average molecular weight is 440 g/mol. The van der Waals surface area contributed by atoms with Crippen LogP contribution < -0.4 is 9.47 Å². The summed E-state index contributed by atoms with van der Waals surface area (Å²) in [6, 6.07) is 5.93. The van der Waals surface area contributed by atoms with Crippen molar-refractivity contribution in [2.24, 2.45) is 5.11 Å². The molecule has 0 spiro atoms. The largest absolute Gasteiger partial charge is 0.497 e. The topological polar surface area (TPSA) is 115 Å². The lowest BCUT2D eigenvalue weighted by Crippen LogP contribution is -2.60. The fraction of sp³-hybridized carbons (Fsp3) is 0.700. The van der Waals surface area contributed by atoms with Crippen LogP contribution in [-0.4, -0.2) is 64.9 Å². The number of aliphatic hydroxyl groups is 1. The van der Waals surface area contributed by atoms with E-state index in [1.807, 2.05) is 0 Å². The molecule has 1 aromatic rings. The number of ether oxygens (including phenoxy) is 4. The maximum Gasteiger partial charge on any atom is 0.211 e. The van der Waals surface area contributed by atoms with E-state index < -0.39 is 39.0 Å². The zero-order chi connectivity index (χ0) is 22.5. The Morgan fingerprint density at radius 1 is 1.17 bits per heavy atom. The van der Waals surface area contributed by atoms with Gasteiger partial charge in [0.15, 0.2) is 8.32 Å². The fourth-order valence-electron chi connectivity index (χ4n) is 2.91. The Balaban J connectivity index is 2.22. The van der Waals surface area contributed by atoms with Gasteiger partial charge in [0.25, 0.3) is 0 Å². The summed E-state index contributed by atoms with van der Waals surface area (Å²) in [7, 11) is 1.01. The van der Waals surface area contributed by atoms with Crippen molar-refractivity contribution in [3.8, 4) is 11.5 Å². The first-order chi connectivity index (χ1) is 14.0. The second-order valence-corrected chi connectivity index (χ2v) is 13.6. The van der Waals surface area contributed by atoms with Crippen molar-refractivity contribution < 1.29 is 28.5 Å². The third-order valence-electron chi connectivity index (χ3n) is 5.82. The molecule has 30 heavy (non-hydrogen) atoms. The van der Waals surface area contributed by atoms with Gasteiger partial charge in [0, 0.05) is 12.0 Å². The van der Waals surface area contributed by atoms with Crippen LogP contribution in [0.5, 0.6) is 11.5 Å². The number of methoxy groups -OCH3 is 2. The van der Waals surface area contributed by atoms with Crippen molar-refractivity contribution in [2.75, 3.05) is 20.8 Å². The van der Waals surface area contributed by atoms with E-state index in [1.54, 1.807) is 31.4 Å². The predicted octanol–water partition coefficient (Wildman–Crippen LogP) is 3.88. The molecule has 0 unspecified atom stereocenters. The number of hydrogen-bond donors (Lipinski definition) is 1. The molecule has 0 bridgehead atoms. The van der Waals surface area contributed by atoms with Gasteiger partial charge in [0.2, 0.25) is 6.29 Å². The Bertz CT molecular complexity index is 733. The molecular formula is C20H33N3O6Si. The van der Waals surface area contributed by atoms with E-state index in [-0.39, 0.29) is 11.6 Å². The number of aliphatic hydroxyl groups excluding tert-OH is 1. The van der Waals surface area contributed by atoms with Crippen molar-refractivity contribution in [3.05, 3.63) is 34.7 Å². The van der Waals surface area contributed by atoms with Crippen LogP contribution in [0.1, 0.15) is 20.8 Å². The third-order valence-corrected chi connectivity index (χ3v) is 10.3. The molecule has 9 nitrogen and oxygen atoms in total. The van der Waals surface area contributed by atoms with Gasteiger partial charge in [-0.1, -0.05) is 25.9 Å². The number of nitrogens with zero attached hydrogens (tertiary/aromatic N) is 3. The fourth-order valence-corrected chi connectivity index (χ4v) is 3.92. The summed E-state index contributed by atoms with van der Waals surface area (Å²) < 4.78 is 28.9. The van der Waals surface area contributed by atoms with E-state index >= 15 is 0 Å². The molecule has 0 saturated carbocycles. The van der Waals surface area contributed by atoms with Gasteiger partial charge in [0.1, 0.15) is 29.7 Å². The van der Waals surface area contributed by atoms with E-state index in [1.165, 1.54) is 7.11 Å². The lowest BCUT2D eigenvalue weighted by atomic mass is 9.97. The summed E-state index contributed by atoms with van der Waals surface area (Å²) in [4.78, 5) is 2.85. The van der Waals surface area contributed by atoms with Gasteiger partial charge in [-0.3, -0.25) is 0 Å². The molecular weight excluding hydrogens is 406 g/mol. The van der Waals surface area contributed by atoms with Gasteiger partial charge in [-0.2, -0.15) is 0 Å². The van der Waals surface area contributed by atoms with Crippen LogP contribution in [0, 0.1) is 0 Å². The summed E-state index contributed by atoms with van der Waals surface area (Å²) in [6.07, 6.45) is -3.42. The highest BCUT2D eigenvalue weighted by Gasteiger charge is 2.48. The van der Waals surface area contributed by atoms with Crippen molar-refractivity contribution >= 4 is 8.32 Å². The molecule has 168 valence electrons. The molecule has 1 saturated heterocycles. The Morgan fingerprint density at radius 3 is 2.27 bits per heavy atom. The molecule has 1 N–H and O–H groups in total. The number of rotatable bonds is 8. The van der Waals surface area contributed by atoms with E-state index in [0.29, 0.717) is 11.5 Å². The predicted molar refractivity (Wildman–Crippen MR) is 115 cm³/mol. The minimum atomic E-state index is -2.05. The lowest BCUT2D eigenvalue weighted by molar-refractivity contribution is -0.243. The molecule has 1 aliphatic heterocycles. The zero-order valence-corrected chi connectivity index (χ0v) is 19.7. The molecule has 10 heteroatoms. The molecule has 0 aromatic heterocycles. The Morgan fingerprint density at radius 2 is 1.77 bits per heavy atom. The maximum absolute atomic E-state index is 10.8. The monoisotopic (exact) mass is 439 g/mol. The number of hydrogen-bond acceptors (Lipinski definition) is 7. The van der Waals surface area contributed by atoms with Gasteiger partial charge in [0.05, 0.1) is 19.8 Å². The quantitative estimate of drug-likeness (QED) is 0.284. The SMILES string of the molecule is COc1ccc(O[C@H]2O[C@H](CO[Si](C)(C)C(C)(C)C)[C@@H](OC)[C@@H](O)[C@@H]2N=[N+]=[N-])cc1.